The van der Waals surface area contributed by atoms with Crippen molar-refractivity contribution in [3.8, 4) is 67.9 Å². The van der Waals surface area contributed by atoms with Gasteiger partial charge >= 0.3 is 0 Å². The Bertz CT molecular complexity index is 2800. The predicted molar refractivity (Wildman–Crippen MR) is 211 cm³/mol. The summed E-state index contributed by atoms with van der Waals surface area (Å²) < 4.78 is 0. The van der Waals surface area contributed by atoms with E-state index in [-0.39, 0.29) is 0 Å². The first-order chi connectivity index (χ1) is 26.3. The third-order valence-electron chi connectivity index (χ3n) is 10.8. The van der Waals surface area contributed by atoms with Crippen molar-refractivity contribution in [3.63, 3.8) is 0 Å². The molecular formula is C48H29N5. The SMILES string of the molecule is c1ccc(-c2nc(-c3ccccc3)nc(-c3nc(-c4cccc5c4-c4ccccc4C54c5ccccc5-c5ccccc54)nc4ccccc34)n2)cc1. The van der Waals surface area contributed by atoms with Crippen molar-refractivity contribution in [1.82, 2.24) is 24.9 Å². The molecule has 7 aromatic carbocycles. The summed E-state index contributed by atoms with van der Waals surface area (Å²) in [5.41, 5.74) is 13.8. The van der Waals surface area contributed by atoms with Gasteiger partial charge in [-0.05, 0) is 50.6 Å². The Hall–Kier alpha value is -7.11. The lowest BCUT2D eigenvalue weighted by atomic mass is 9.70. The van der Waals surface area contributed by atoms with E-state index in [2.05, 4.69) is 97.1 Å². The fourth-order valence-corrected chi connectivity index (χ4v) is 8.61. The number of para-hydroxylation sites is 1. The minimum atomic E-state index is -0.460. The highest BCUT2D eigenvalue weighted by Gasteiger charge is 2.52. The van der Waals surface area contributed by atoms with Crippen molar-refractivity contribution in [2.45, 2.75) is 5.41 Å². The Morgan fingerprint density at radius 1 is 0.302 bits per heavy atom. The third kappa shape index (κ3) is 4.28. The molecule has 2 aromatic heterocycles. The van der Waals surface area contributed by atoms with Crippen LogP contribution >= 0.6 is 0 Å². The Morgan fingerprint density at radius 3 is 1.42 bits per heavy atom. The van der Waals surface area contributed by atoms with Crippen LogP contribution in [0.1, 0.15) is 22.3 Å². The molecule has 9 aromatic rings. The first-order valence-electron chi connectivity index (χ1n) is 17.9. The lowest BCUT2D eigenvalue weighted by Gasteiger charge is -2.30. The molecule has 53 heavy (non-hydrogen) atoms. The summed E-state index contributed by atoms with van der Waals surface area (Å²) in [5, 5.41) is 0.878. The Labute approximate surface area is 306 Å². The van der Waals surface area contributed by atoms with Crippen LogP contribution in [0.4, 0.5) is 0 Å². The largest absolute Gasteiger partial charge is 0.228 e. The van der Waals surface area contributed by atoms with E-state index in [1.807, 2.05) is 78.9 Å². The third-order valence-corrected chi connectivity index (χ3v) is 10.8. The summed E-state index contributed by atoms with van der Waals surface area (Å²) in [6.45, 7) is 0. The molecule has 0 radical (unpaired) electrons. The topological polar surface area (TPSA) is 64.5 Å². The van der Waals surface area contributed by atoms with Crippen LogP contribution in [-0.4, -0.2) is 24.9 Å². The van der Waals surface area contributed by atoms with Crippen molar-refractivity contribution in [2.75, 3.05) is 0 Å². The number of benzene rings is 7. The molecule has 0 unspecified atom stereocenters. The van der Waals surface area contributed by atoms with Gasteiger partial charge < -0.3 is 0 Å². The minimum absolute atomic E-state index is 0.460. The van der Waals surface area contributed by atoms with E-state index in [4.69, 9.17) is 24.9 Å². The van der Waals surface area contributed by atoms with Gasteiger partial charge in [0.25, 0.3) is 0 Å². The summed E-state index contributed by atoms with van der Waals surface area (Å²) in [5.74, 6) is 2.31. The highest BCUT2D eigenvalue weighted by Crippen LogP contribution is 2.63. The molecule has 2 aliphatic rings. The van der Waals surface area contributed by atoms with E-state index in [9.17, 15) is 0 Å². The molecule has 5 heteroatoms. The van der Waals surface area contributed by atoms with Crippen LogP contribution in [0.5, 0.6) is 0 Å². The molecule has 0 fully saturated rings. The van der Waals surface area contributed by atoms with Gasteiger partial charge in [0, 0.05) is 22.1 Å². The second-order valence-electron chi connectivity index (χ2n) is 13.6. The van der Waals surface area contributed by atoms with Gasteiger partial charge in [-0.2, -0.15) is 0 Å². The second-order valence-corrected chi connectivity index (χ2v) is 13.6. The molecule has 0 amide bonds. The zero-order valence-corrected chi connectivity index (χ0v) is 28.5. The Morgan fingerprint density at radius 2 is 0.774 bits per heavy atom. The van der Waals surface area contributed by atoms with Crippen LogP contribution in [-0.2, 0) is 5.41 Å². The molecule has 0 N–H and O–H groups in total. The standard InChI is InChI=1S/C48H29N5/c1-3-16-30(17-4-1)44-51-45(31-18-5-2-6-19-31)53-47(52-44)43-35-23-10-14-29-41(35)49-46(50-43)36-24-15-28-40-42(36)34-22-9-13-27-39(34)48(40)37-25-11-7-20-32(37)33-21-8-12-26-38(33)48/h1-29H. The molecule has 246 valence electrons. The summed E-state index contributed by atoms with van der Waals surface area (Å²) in [4.78, 5) is 25.8. The zero-order valence-electron chi connectivity index (χ0n) is 28.5. The number of rotatable bonds is 4. The summed E-state index contributed by atoms with van der Waals surface area (Å²) in [6.07, 6.45) is 0. The van der Waals surface area contributed by atoms with E-state index < -0.39 is 5.41 Å². The maximum atomic E-state index is 5.40. The van der Waals surface area contributed by atoms with E-state index in [0.29, 0.717) is 29.0 Å². The van der Waals surface area contributed by atoms with Crippen LogP contribution in [0.2, 0.25) is 0 Å². The average molecular weight is 676 g/mol. The van der Waals surface area contributed by atoms with Crippen LogP contribution in [0.25, 0.3) is 78.8 Å². The molecule has 0 saturated carbocycles. The van der Waals surface area contributed by atoms with Crippen molar-refractivity contribution >= 4 is 10.9 Å². The average Bonchev–Trinajstić information content (AvgIpc) is 3.71. The van der Waals surface area contributed by atoms with Gasteiger partial charge in [0.15, 0.2) is 23.3 Å². The van der Waals surface area contributed by atoms with Gasteiger partial charge in [-0.15, -0.1) is 0 Å². The highest BCUT2D eigenvalue weighted by atomic mass is 15.1. The van der Waals surface area contributed by atoms with Crippen LogP contribution < -0.4 is 0 Å². The van der Waals surface area contributed by atoms with E-state index in [1.165, 1.54) is 38.9 Å². The maximum absolute atomic E-state index is 5.40. The fraction of sp³-hybridized carbons (Fsp3) is 0.0208. The summed E-state index contributed by atoms with van der Waals surface area (Å²) in [6, 6.07) is 61.4. The number of nitrogens with zero attached hydrogens (tertiary/aromatic N) is 5. The molecule has 0 aliphatic heterocycles. The molecule has 1 spiro atoms. The Kier molecular flexibility index (Phi) is 6.40. The highest BCUT2D eigenvalue weighted by molar-refractivity contribution is 6.00. The second kappa shape index (κ2) is 11.5. The maximum Gasteiger partial charge on any atom is 0.183 e. The number of fused-ring (bicyclic) bond motifs is 11. The van der Waals surface area contributed by atoms with Crippen molar-refractivity contribution in [1.29, 1.82) is 0 Å². The summed E-state index contributed by atoms with van der Waals surface area (Å²) >= 11 is 0. The van der Waals surface area contributed by atoms with Gasteiger partial charge in [-0.25, -0.2) is 24.9 Å². The van der Waals surface area contributed by atoms with Crippen LogP contribution in [0.15, 0.2) is 176 Å². The number of aromatic nitrogens is 5. The predicted octanol–water partition coefficient (Wildman–Crippen LogP) is 10.8. The van der Waals surface area contributed by atoms with Crippen molar-refractivity contribution < 1.29 is 0 Å². The van der Waals surface area contributed by atoms with Gasteiger partial charge in [0.05, 0.1) is 10.9 Å². The van der Waals surface area contributed by atoms with E-state index >= 15 is 0 Å². The van der Waals surface area contributed by atoms with Gasteiger partial charge in [0.1, 0.15) is 5.69 Å². The van der Waals surface area contributed by atoms with Gasteiger partial charge in [-0.3, -0.25) is 0 Å². The molecular weight excluding hydrogens is 647 g/mol. The molecule has 5 nitrogen and oxygen atoms in total. The number of hydrogen-bond donors (Lipinski definition) is 0. The first-order valence-corrected chi connectivity index (χ1v) is 17.9. The number of hydrogen-bond acceptors (Lipinski definition) is 5. The molecule has 2 heterocycles. The van der Waals surface area contributed by atoms with Gasteiger partial charge in [-0.1, -0.05) is 170 Å². The molecule has 0 bridgehead atoms. The molecule has 2 aliphatic carbocycles. The first kappa shape index (κ1) is 29.6. The normalized spacial score (nSPS) is 13.1. The lowest BCUT2D eigenvalue weighted by molar-refractivity contribution is 0.794. The Balaban J connectivity index is 1.19. The van der Waals surface area contributed by atoms with Crippen LogP contribution in [0.3, 0.4) is 0 Å². The monoisotopic (exact) mass is 675 g/mol. The molecule has 0 saturated heterocycles. The molecule has 11 rings (SSSR count). The quantitative estimate of drug-likeness (QED) is 0.186. The summed E-state index contributed by atoms with van der Waals surface area (Å²) in [7, 11) is 0. The zero-order chi connectivity index (χ0) is 34.9. The minimum Gasteiger partial charge on any atom is -0.228 e. The van der Waals surface area contributed by atoms with E-state index in [0.717, 1.165) is 33.2 Å². The van der Waals surface area contributed by atoms with E-state index in [1.54, 1.807) is 0 Å². The lowest BCUT2D eigenvalue weighted by Crippen LogP contribution is -2.25. The fourth-order valence-electron chi connectivity index (χ4n) is 8.61. The van der Waals surface area contributed by atoms with Crippen molar-refractivity contribution in [2.24, 2.45) is 0 Å². The smallest absolute Gasteiger partial charge is 0.183 e. The van der Waals surface area contributed by atoms with Gasteiger partial charge in [0.2, 0.25) is 0 Å². The van der Waals surface area contributed by atoms with Crippen LogP contribution in [0, 0.1) is 0 Å². The molecule has 0 atom stereocenters. The van der Waals surface area contributed by atoms with Crippen molar-refractivity contribution in [3.05, 3.63) is 198 Å².